The van der Waals surface area contributed by atoms with Crippen LogP contribution in [-0.4, -0.2) is 15.9 Å². The van der Waals surface area contributed by atoms with Gasteiger partial charge in [-0.05, 0) is 67.2 Å². The van der Waals surface area contributed by atoms with Crippen molar-refractivity contribution in [2.24, 2.45) is 0 Å². The van der Waals surface area contributed by atoms with E-state index in [1.165, 1.54) is 54.0 Å². The molecule has 0 bridgehead atoms. The number of rotatable bonds is 2. The molecule has 0 saturated heterocycles. The van der Waals surface area contributed by atoms with Crippen molar-refractivity contribution >= 4 is 60.2 Å². The molecule has 0 unspecified atom stereocenters. The molecule has 0 amide bonds. The normalized spacial score (nSPS) is 11.6. The molecule has 7 aromatic rings. The van der Waals surface area contributed by atoms with E-state index >= 15 is 0 Å². The zero-order valence-electron chi connectivity index (χ0n) is 23.8. The molecule has 1 radical (unpaired) electrons. The molecular formula is C36H26F2IrNO3-. The van der Waals surface area contributed by atoms with Crippen LogP contribution in [0.1, 0.15) is 25.0 Å². The standard InChI is InChI=1S/C31H18F2NO.C5H8O2.Ir/c1-16-12-17(2)28-20(13-16)9-7-18-6-8-19(14-23(18)28)27-11-10-22-29-21-4-3-5-25(32)24(21)15-26(33)30(29)35-31(22)34-27;1-4(6)3-5(2)7;/h3-7,9-15H,1-2H3;3,6H,1-2H3;/q-1;;/b;4-3-;. The van der Waals surface area contributed by atoms with Gasteiger partial charge in [-0.1, -0.05) is 64.9 Å². The minimum Gasteiger partial charge on any atom is -0.512 e. The number of halogens is 2. The maximum Gasteiger partial charge on any atom is 0.218 e. The Kier molecular flexibility index (Phi) is 8.15. The Morgan fingerprint density at radius 2 is 1.63 bits per heavy atom. The third kappa shape index (κ3) is 5.54. The number of ketones is 1. The molecule has 43 heavy (non-hydrogen) atoms. The van der Waals surface area contributed by atoms with E-state index < -0.39 is 11.6 Å². The van der Waals surface area contributed by atoms with Crippen molar-refractivity contribution in [2.75, 3.05) is 0 Å². The number of aliphatic hydroxyl groups is 1. The van der Waals surface area contributed by atoms with Gasteiger partial charge >= 0.3 is 0 Å². The van der Waals surface area contributed by atoms with Gasteiger partial charge in [0.25, 0.3) is 0 Å². The van der Waals surface area contributed by atoms with Gasteiger partial charge in [-0.2, -0.15) is 0 Å². The number of benzene rings is 5. The number of hydrogen-bond acceptors (Lipinski definition) is 4. The zero-order valence-corrected chi connectivity index (χ0v) is 26.2. The Morgan fingerprint density at radius 3 is 2.35 bits per heavy atom. The molecule has 7 heteroatoms. The maximum atomic E-state index is 14.9. The summed E-state index contributed by atoms with van der Waals surface area (Å²) in [4.78, 5) is 14.7. The van der Waals surface area contributed by atoms with Crippen LogP contribution >= 0.6 is 0 Å². The van der Waals surface area contributed by atoms with Gasteiger partial charge in [-0.15, -0.1) is 23.8 Å². The second-order valence-corrected chi connectivity index (χ2v) is 10.5. The van der Waals surface area contributed by atoms with Crippen molar-refractivity contribution in [3.05, 3.63) is 113 Å². The topological polar surface area (TPSA) is 63.3 Å². The molecular weight excluding hydrogens is 725 g/mol. The molecule has 0 fully saturated rings. The van der Waals surface area contributed by atoms with Crippen molar-refractivity contribution in [3.8, 4) is 11.3 Å². The van der Waals surface area contributed by atoms with E-state index in [-0.39, 0.29) is 42.6 Å². The Labute approximate surface area is 260 Å². The van der Waals surface area contributed by atoms with Gasteiger partial charge in [0.2, 0.25) is 5.71 Å². The second-order valence-electron chi connectivity index (χ2n) is 10.5. The van der Waals surface area contributed by atoms with E-state index in [9.17, 15) is 13.6 Å². The van der Waals surface area contributed by atoms with Crippen LogP contribution in [-0.2, 0) is 24.9 Å². The van der Waals surface area contributed by atoms with E-state index in [1.807, 2.05) is 18.2 Å². The number of carbonyl (C=O) groups is 1. The molecule has 5 aromatic carbocycles. The Bertz CT molecular complexity index is 2250. The molecule has 0 aliphatic carbocycles. The largest absolute Gasteiger partial charge is 0.512 e. The number of pyridine rings is 1. The van der Waals surface area contributed by atoms with Crippen molar-refractivity contribution in [3.63, 3.8) is 0 Å². The fraction of sp³-hybridized carbons (Fsp3) is 0.111. The van der Waals surface area contributed by atoms with E-state index in [2.05, 4.69) is 50.2 Å². The van der Waals surface area contributed by atoms with Crippen molar-refractivity contribution in [1.29, 1.82) is 0 Å². The van der Waals surface area contributed by atoms with Crippen LogP contribution in [0.5, 0.6) is 0 Å². The van der Waals surface area contributed by atoms with E-state index in [0.717, 1.165) is 16.3 Å². The minimum atomic E-state index is -0.605. The number of aryl methyl sites for hydroxylation is 2. The minimum absolute atomic E-state index is 0. The molecule has 0 aliphatic heterocycles. The van der Waals surface area contributed by atoms with Crippen LogP contribution in [0.3, 0.4) is 0 Å². The number of nitrogens with zero attached hydrogens (tertiary/aromatic N) is 1. The average Bonchev–Trinajstić information content (AvgIpc) is 3.32. The number of aromatic nitrogens is 1. The summed E-state index contributed by atoms with van der Waals surface area (Å²) in [5.41, 5.74) is 4.35. The molecule has 0 aliphatic rings. The first-order valence-corrected chi connectivity index (χ1v) is 13.4. The smallest absolute Gasteiger partial charge is 0.218 e. The molecule has 4 nitrogen and oxygen atoms in total. The van der Waals surface area contributed by atoms with Gasteiger partial charge in [0.15, 0.2) is 17.2 Å². The van der Waals surface area contributed by atoms with E-state index in [1.54, 1.807) is 12.1 Å². The fourth-order valence-corrected chi connectivity index (χ4v) is 5.64. The van der Waals surface area contributed by atoms with Crippen LogP contribution in [0.2, 0.25) is 0 Å². The van der Waals surface area contributed by atoms with Crippen LogP contribution in [0.15, 0.2) is 89.0 Å². The predicted octanol–water partition coefficient (Wildman–Crippen LogP) is 9.84. The molecule has 2 aromatic heterocycles. The first-order chi connectivity index (χ1) is 20.1. The Balaban J connectivity index is 0.000000415. The van der Waals surface area contributed by atoms with Crippen molar-refractivity contribution < 1.29 is 43.2 Å². The van der Waals surface area contributed by atoms with Gasteiger partial charge < -0.3 is 9.52 Å². The van der Waals surface area contributed by atoms with Crippen LogP contribution in [0.4, 0.5) is 8.78 Å². The third-order valence-electron chi connectivity index (χ3n) is 7.26. The summed E-state index contributed by atoms with van der Waals surface area (Å²) in [6.45, 7) is 7.08. The summed E-state index contributed by atoms with van der Waals surface area (Å²) in [5, 5.41) is 15.0. The van der Waals surface area contributed by atoms with Gasteiger partial charge in [-0.25, -0.2) is 8.78 Å². The molecule has 0 saturated carbocycles. The number of fused-ring (bicyclic) bond motifs is 8. The fourth-order valence-electron chi connectivity index (χ4n) is 5.64. The Morgan fingerprint density at radius 1 is 0.860 bits per heavy atom. The summed E-state index contributed by atoms with van der Waals surface area (Å²) in [5.74, 6) is -1.13. The SMILES string of the molecule is CC(=O)/C=C(/C)O.Cc1cc(C)c2c(ccc3c[c-]c(-c4ccc5c(n4)oc4c(F)cc6c(F)cccc6c45)cc32)c1.[Ir]. The number of hydrogen-bond donors (Lipinski definition) is 1. The maximum absolute atomic E-state index is 14.9. The predicted molar refractivity (Wildman–Crippen MR) is 165 cm³/mol. The molecule has 0 atom stereocenters. The summed E-state index contributed by atoms with van der Waals surface area (Å²) < 4.78 is 35.1. The van der Waals surface area contributed by atoms with Gasteiger partial charge in [-0.3, -0.25) is 9.78 Å². The molecule has 2 heterocycles. The van der Waals surface area contributed by atoms with Gasteiger partial charge in [0, 0.05) is 42.3 Å². The van der Waals surface area contributed by atoms with Crippen LogP contribution < -0.4 is 0 Å². The second kappa shape index (κ2) is 11.7. The van der Waals surface area contributed by atoms with Gasteiger partial charge in [0.1, 0.15) is 5.82 Å². The first-order valence-electron chi connectivity index (χ1n) is 13.4. The van der Waals surface area contributed by atoms with Crippen LogP contribution in [0.25, 0.3) is 65.6 Å². The summed E-state index contributed by atoms with van der Waals surface area (Å²) in [7, 11) is 0. The first kappa shape index (κ1) is 30.0. The van der Waals surface area contributed by atoms with Crippen molar-refractivity contribution in [1.82, 2.24) is 4.98 Å². The van der Waals surface area contributed by atoms with Crippen LogP contribution in [0, 0.1) is 31.5 Å². The quantitative estimate of drug-likeness (QED) is 0.0828. The Hall–Kier alpha value is -4.45. The molecule has 0 spiro atoms. The van der Waals surface area contributed by atoms with E-state index in [4.69, 9.17) is 14.5 Å². The zero-order chi connectivity index (χ0) is 29.7. The number of allylic oxidation sites excluding steroid dienone is 2. The molecule has 7 rings (SSSR count). The molecule has 1 N–H and O–H groups in total. The summed E-state index contributed by atoms with van der Waals surface area (Å²) in [6, 6.07) is 25.7. The van der Waals surface area contributed by atoms with Gasteiger partial charge in [0.05, 0.1) is 5.76 Å². The monoisotopic (exact) mass is 751 g/mol. The number of carbonyl (C=O) groups excluding carboxylic acids is 1. The number of furan rings is 1. The average molecular weight is 751 g/mol. The van der Waals surface area contributed by atoms with E-state index in [0.29, 0.717) is 27.6 Å². The molecule has 217 valence electrons. The summed E-state index contributed by atoms with van der Waals surface area (Å²) in [6.07, 6.45) is 1.17. The third-order valence-corrected chi connectivity index (χ3v) is 7.26. The van der Waals surface area contributed by atoms with Crippen molar-refractivity contribution in [2.45, 2.75) is 27.7 Å². The number of aliphatic hydroxyl groups excluding tert-OH is 1. The summed E-state index contributed by atoms with van der Waals surface area (Å²) >= 11 is 0.